The van der Waals surface area contributed by atoms with Crippen molar-refractivity contribution in [3.63, 3.8) is 0 Å². The Morgan fingerprint density at radius 2 is 2.36 bits per heavy atom. The molecule has 0 saturated carbocycles. The highest BCUT2D eigenvalue weighted by Crippen LogP contribution is 2.44. The number of aliphatic hydroxyl groups is 1. The lowest BCUT2D eigenvalue weighted by molar-refractivity contribution is 0.0440. The maximum atomic E-state index is 10.3. The van der Waals surface area contributed by atoms with E-state index in [1.807, 2.05) is 18.2 Å². The van der Waals surface area contributed by atoms with Gasteiger partial charge in [0.25, 0.3) is 0 Å². The van der Waals surface area contributed by atoms with E-state index in [9.17, 15) is 5.11 Å². The van der Waals surface area contributed by atoms with Crippen LogP contribution in [-0.4, -0.2) is 11.7 Å². The standard InChI is InChI=1S/C11H14ClNO/c1-7-5-11(14,6-13)10-4-8(12)2-3-9(7)10/h2-4,7,14H,5-6,13H2,1H3. The summed E-state index contributed by atoms with van der Waals surface area (Å²) in [4.78, 5) is 0. The number of fused-ring (bicyclic) bond motifs is 1. The van der Waals surface area contributed by atoms with Crippen molar-refractivity contribution in [1.82, 2.24) is 0 Å². The van der Waals surface area contributed by atoms with Crippen molar-refractivity contribution in [1.29, 1.82) is 0 Å². The zero-order valence-corrected chi connectivity index (χ0v) is 8.88. The minimum atomic E-state index is -0.875. The Hall–Kier alpha value is -0.570. The third-order valence-corrected chi connectivity index (χ3v) is 3.26. The van der Waals surface area contributed by atoms with E-state index in [0.29, 0.717) is 17.4 Å². The molecule has 0 heterocycles. The van der Waals surface area contributed by atoms with E-state index >= 15 is 0 Å². The van der Waals surface area contributed by atoms with Gasteiger partial charge in [-0.15, -0.1) is 0 Å². The summed E-state index contributed by atoms with van der Waals surface area (Å²) >= 11 is 5.90. The van der Waals surface area contributed by atoms with E-state index in [4.69, 9.17) is 17.3 Å². The lowest BCUT2D eigenvalue weighted by Gasteiger charge is -2.21. The molecule has 0 aliphatic heterocycles. The number of hydrogen-bond acceptors (Lipinski definition) is 2. The summed E-state index contributed by atoms with van der Waals surface area (Å²) in [5.41, 5.74) is 6.80. The van der Waals surface area contributed by atoms with Gasteiger partial charge in [-0.2, -0.15) is 0 Å². The van der Waals surface area contributed by atoms with Crippen LogP contribution in [-0.2, 0) is 5.60 Å². The van der Waals surface area contributed by atoms with E-state index in [-0.39, 0.29) is 6.54 Å². The van der Waals surface area contributed by atoms with Crippen molar-refractivity contribution in [2.24, 2.45) is 5.73 Å². The molecular weight excluding hydrogens is 198 g/mol. The lowest BCUT2D eigenvalue weighted by atomic mass is 9.96. The molecule has 0 aromatic heterocycles. The van der Waals surface area contributed by atoms with Crippen LogP contribution in [0, 0.1) is 0 Å². The van der Waals surface area contributed by atoms with Crippen LogP contribution in [0.1, 0.15) is 30.4 Å². The fourth-order valence-corrected chi connectivity index (χ4v) is 2.45. The summed E-state index contributed by atoms with van der Waals surface area (Å²) in [5.74, 6) is 0.357. The van der Waals surface area contributed by atoms with Crippen molar-refractivity contribution in [2.45, 2.75) is 24.9 Å². The smallest absolute Gasteiger partial charge is 0.103 e. The first-order valence-corrected chi connectivity index (χ1v) is 5.17. The number of halogens is 1. The number of rotatable bonds is 1. The first kappa shape index (κ1) is 9.97. The van der Waals surface area contributed by atoms with Crippen molar-refractivity contribution >= 4 is 11.6 Å². The van der Waals surface area contributed by atoms with Crippen LogP contribution in [0.3, 0.4) is 0 Å². The van der Waals surface area contributed by atoms with Gasteiger partial charge in [-0.05, 0) is 35.6 Å². The van der Waals surface area contributed by atoms with Gasteiger partial charge in [0.15, 0.2) is 0 Å². The molecule has 2 unspecified atom stereocenters. The van der Waals surface area contributed by atoms with Crippen LogP contribution < -0.4 is 5.73 Å². The first-order valence-electron chi connectivity index (χ1n) is 4.79. The van der Waals surface area contributed by atoms with Crippen LogP contribution in [0.4, 0.5) is 0 Å². The number of nitrogens with two attached hydrogens (primary N) is 1. The summed E-state index contributed by atoms with van der Waals surface area (Å²) in [6, 6.07) is 5.67. The Labute approximate surface area is 88.7 Å². The lowest BCUT2D eigenvalue weighted by Crippen LogP contribution is -2.32. The molecule has 3 N–H and O–H groups in total. The van der Waals surface area contributed by atoms with Crippen molar-refractivity contribution in [3.05, 3.63) is 34.3 Å². The van der Waals surface area contributed by atoms with Crippen molar-refractivity contribution in [2.75, 3.05) is 6.54 Å². The molecule has 14 heavy (non-hydrogen) atoms. The molecule has 2 rings (SSSR count). The molecule has 3 heteroatoms. The SMILES string of the molecule is CC1CC(O)(CN)c2cc(Cl)ccc21. The van der Waals surface area contributed by atoms with Crippen LogP contribution in [0.15, 0.2) is 18.2 Å². The quantitative estimate of drug-likeness (QED) is 0.747. The maximum Gasteiger partial charge on any atom is 0.103 e. The van der Waals surface area contributed by atoms with E-state index in [0.717, 1.165) is 5.56 Å². The predicted molar refractivity (Wildman–Crippen MR) is 57.4 cm³/mol. The normalized spacial score (nSPS) is 30.4. The Balaban J connectivity index is 2.56. The number of benzene rings is 1. The van der Waals surface area contributed by atoms with Gasteiger partial charge in [-0.1, -0.05) is 24.6 Å². The second-order valence-electron chi connectivity index (χ2n) is 4.07. The Kier molecular flexibility index (Phi) is 2.30. The van der Waals surface area contributed by atoms with E-state index in [1.54, 1.807) is 0 Å². The van der Waals surface area contributed by atoms with Gasteiger partial charge in [0.1, 0.15) is 5.60 Å². The summed E-state index contributed by atoms with van der Waals surface area (Å²) in [6.45, 7) is 2.35. The summed E-state index contributed by atoms with van der Waals surface area (Å²) in [6.07, 6.45) is 0.694. The molecule has 76 valence electrons. The van der Waals surface area contributed by atoms with Crippen LogP contribution in [0.5, 0.6) is 0 Å². The molecule has 2 nitrogen and oxygen atoms in total. The molecule has 1 aromatic carbocycles. The van der Waals surface area contributed by atoms with Gasteiger partial charge >= 0.3 is 0 Å². The van der Waals surface area contributed by atoms with Gasteiger partial charge in [-0.25, -0.2) is 0 Å². The second-order valence-corrected chi connectivity index (χ2v) is 4.51. The molecule has 1 aliphatic carbocycles. The summed E-state index contributed by atoms with van der Waals surface area (Å²) in [7, 11) is 0. The molecule has 0 radical (unpaired) electrons. The fraction of sp³-hybridized carbons (Fsp3) is 0.455. The minimum absolute atomic E-state index is 0.255. The second kappa shape index (κ2) is 3.23. The molecule has 0 saturated heterocycles. The highest BCUT2D eigenvalue weighted by atomic mass is 35.5. The monoisotopic (exact) mass is 211 g/mol. The first-order chi connectivity index (χ1) is 6.57. The largest absolute Gasteiger partial charge is 0.384 e. The molecular formula is C11H14ClNO. The van der Waals surface area contributed by atoms with Crippen LogP contribution in [0.2, 0.25) is 5.02 Å². The van der Waals surface area contributed by atoms with E-state index in [2.05, 4.69) is 6.92 Å². The summed E-state index contributed by atoms with van der Waals surface area (Å²) in [5, 5.41) is 10.9. The topological polar surface area (TPSA) is 46.2 Å². The molecule has 0 amide bonds. The van der Waals surface area contributed by atoms with Crippen LogP contribution >= 0.6 is 11.6 Å². The third-order valence-electron chi connectivity index (χ3n) is 3.03. The Bertz CT molecular complexity index is 366. The zero-order chi connectivity index (χ0) is 10.3. The average Bonchev–Trinajstić information content (AvgIpc) is 2.40. The van der Waals surface area contributed by atoms with Gasteiger partial charge in [0.05, 0.1) is 0 Å². The van der Waals surface area contributed by atoms with Crippen molar-refractivity contribution in [3.8, 4) is 0 Å². The minimum Gasteiger partial charge on any atom is -0.384 e. The Morgan fingerprint density at radius 3 is 3.00 bits per heavy atom. The predicted octanol–water partition coefficient (Wildman–Crippen LogP) is 1.99. The average molecular weight is 212 g/mol. The highest BCUT2D eigenvalue weighted by molar-refractivity contribution is 6.30. The highest BCUT2D eigenvalue weighted by Gasteiger charge is 2.39. The van der Waals surface area contributed by atoms with Gasteiger partial charge in [0.2, 0.25) is 0 Å². The summed E-state index contributed by atoms with van der Waals surface area (Å²) < 4.78 is 0. The van der Waals surface area contributed by atoms with Crippen molar-refractivity contribution < 1.29 is 5.11 Å². The van der Waals surface area contributed by atoms with Crippen LogP contribution in [0.25, 0.3) is 0 Å². The van der Waals surface area contributed by atoms with E-state index < -0.39 is 5.60 Å². The zero-order valence-electron chi connectivity index (χ0n) is 8.13. The molecule has 1 aliphatic rings. The number of hydrogen-bond donors (Lipinski definition) is 2. The molecule has 0 fully saturated rings. The van der Waals surface area contributed by atoms with Gasteiger partial charge in [0, 0.05) is 11.6 Å². The third kappa shape index (κ3) is 1.34. The van der Waals surface area contributed by atoms with Gasteiger partial charge < -0.3 is 10.8 Å². The molecule has 0 bridgehead atoms. The van der Waals surface area contributed by atoms with Gasteiger partial charge in [-0.3, -0.25) is 0 Å². The maximum absolute atomic E-state index is 10.3. The Morgan fingerprint density at radius 1 is 1.64 bits per heavy atom. The molecule has 2 atom stereocenters. The van der Waals surface area contributed by atoms with E-state index in [1.165, 1.54) is 5.56 Å². The molecule has 1 aromatic rings. The fourth-order valence-electron chi connectivity index (χ4n) is 2.28. The molecule has 0 spiro atoms.